The number of benzene rings is 3. The van der Waals surface area contributed by atoms with E-state index in [0.717, 1.165) is 33.3 Å². The smallest absolute Gasteiger partial charge is 0.309 e. The molecular weight excluding hydrogens is 550 g/mol. The number of ether oxygens (including phenoxy) is 1. The first-order valence-electron chi connectivity index (χ1n) is 15.8. The summed E-state index contributed by atoms with van der Waals surface area (Å²) in [6.45, 7) is 7.31. The highest BCUT2D eigenvalue weighted by Gasteiger charge is 2.47. The fourth-order valence-corrected chi connectivity index (χ4v) is 7.18. The molecule has 3 aromatic carbocycles. The second kappa shape index (κ2) is 12.3. The lowest BCUT2D eigenvalue weighted by Crippen LogP contribution is -2.53. The highest BCUT2D eigenvalue weighted by atomic mass is 16.5. The normalized spacial score (nSPS) is 17.8. The maximum absolute atomic E-state index is 14.5. The van der Waals surface area contributed by atoms with Crippen molar-refractivity contribution >= 4 is 28.7 Å². The quantitative estimate of drug-likeness (QED) is 0.216. The molecule has 6 rings (SSSR count). The van der Waals surface area contributed by atoms with E-state index in [1.807, 2.05) is 71.3 Å². The molecule has 4 aromatic rings. The van der Waals surface area contributed by atoms with Crippen molar-refractivity contribution in [2.75, 3.05) is 19.7 Å². The average molecular weight is 592 g/mol. The van der Waals surface area contributed by atoms with E-state index in [-0.39, 0.29) is 29.6 Å². The van der Waals surface area contributed by atoms with E-state index in [2.05, 4.69) is 49.7 Å². The van der Waals surface area contributed by atoms with E-state index in [1.54, 1.807) is 0 Å². The number of carbonyl (C=O) groups excluding carboxylic acids is 3. The van der Waals surface area contributed by atoms with Crippen LogP contribution < -0.4 is 0 Å². The van der Waals surface area contributed by atoms with E-state index in [4.69, 9.17) is 4.74 Å². The number of hydrogen-bond donors (Lipinski definition) is 0. The largest absolute Gasteiger partial charge is 0.466 e. The Bertz CT molecular complexity index is 1680. The Morgan fingerprint density at radius 3 is 2.27 bits per heavy atom. The zero-order chi connectivity index (χ0) is 31.0. The van der Waals surface area contributed by atoms with Crippen molar-refractivity contribution in [3.63, 3.8) is 0 Å². The van der Waals surface area contributed by atoms with Gasteiger partial charge in [-0.25, -0.2) is 0 Å². The molecule has 1 aromatic heterocycles. The Labute approximate surface area is 259 Å². The summed E-state index contributed by atoms with van der Waals surface area (Å²) in [4.78, 5) is 45.2. The number of hydrogen-bond acceptors (Lipinski definition) is 4. The summed E-state index contributed by atoms with van der Waals surface area (Å²) in [6.07, 6.45) is 1.68. The number of carbonyl (C=O) groups is 3. The van der Waals surface area contributed by atoms with Crippen LogP contribution in [0.1, 0.15) is 67.6 Å². The Morgan fingerprint density at radius 2 is 1.57 bits per heavy atom. The molecule has 0 bridgehead atoms. The number of amides is 2. The molecule has 228 valence electrons. The molecule has 2 atom stereocenters. The highest BCUT2D eigenvalue weighted by molar-refractivity contribution is 6.04. The first-order valence-corrected chi connectivity index (χ1v) is 15.8. The first-order chi connectivity index (χ1) is 21.3. The van der Waals surface area contributed by atoms with Gasteiger partial charge in [-0.15, -0.1) is 0 Å². The fraction of sp³-hybridized carbons (Fsp3) is 0.378. The van der Waals surface area contributed by atoms with Crippen molar-refractivity contribution in [2.24, 2.45) is 18.9 Å². The summed E-state index contributed by atoms with van der Waals surface area (Å²) in [6, 6.07) is 25.3. The van der Waals surface area contributed by atoms with E-state index in [9.17, 15) is 14.4 Å². The van der Waals surface area contributed by atoms with Crippen molar-refractivity contribution in [1.82, 2.24) is 14.4 Å². The Hall–Kier alpha value is -4.39. The van der Waals surface area contributed by atoms with Gasteiger partial charge in [-0.1, -0.05) is 80.6 Å². The second-order valence-corrected chi connectivity index (χ2v) is 12.4. The number of piperidine rings is 1. The number of fused-ring (bicyclic) bond motifs is 2. The summed E-state index contributed by atoms with van der Waals surface area (Å²) in [5.74, 6) is -0.365. The van der Waals surface area contributed by atoms with Crippen molar-refractivity contribution in [3.8, 4) is 11.3 Å². The molecule has 0 radical (unpaired) electrons. The van der Waals surface area contributed by atoms with Gasteiger partial charge < -0.3 is 19.1 Å². The lowest BCUT2D eigenvalue weighted by atomic mass is 9.91. The number of nitrogens with zero attached hydrogens (tertiary/aromatic N) is 3. The van der Waals surface area contributed by atoms with Crippen molar-refractivity contribution in [1.29, 1.82) is 0 Å². The second-order valence-electron chi connectivity index (χ2n) is 12.4. The predicted octanol–water partition coefficient (Wildman–Crippen LogP) is 6.61. The van der Waals surface area contributed by atoms with E-state index in [0.29, 0.717) is 44.5 Å². The summed E-state index contributed by atoms with van der Waals surface area (Å²) in [7, 11) is 2.08. The standard InChI is InChI=1S/C37H41N3O4/c1-5-44-37(43)26-19-21-39(22-20-26)36(42)31(23-24(2)3)40-34(27-15-9-10-16-28(27)35(40)41)32-29-17-11-12-18-30(29)38(4)33(32)25-13-7-6-8-14-25/h6-18,24,26,31,34H,5,19-23H2,1-4H3. The minimum atomic E-state index is -0.651. The van der Waals surface area contributed by atoms with Crippen molar-refractivity contribution in [3.05, 3.63) is 95.6 Å². The first kappa shape index (κ1) is 29.7. The third kappa shape index (κ3) is 5.18. The molecule has 0 saturated carbocycles. The van der Waals surface area contributed by atoms with Crippen LogP contribution >= 0.6 is 0 Å². The van der Waals surface area contributed by atoms with Gasteiger partial charge in [0.15, 0.2) is 0 Å². The molecule has 0 spiro atoms. The molecule has 2 unspecified atom stereocenters. The molecule has 2 aliphatic rings. The molecule has 3 heterocycles. The molecule has 1 saturated heterocycles. The fourth-order valence-electron chi connectivity index (χ4n) is 7.18. The van der Waals surface area contributed by atoms with Crippen LogP contribution in [0.3, 0.4) is 0 Å². The topological polar surface area (TPSA) is 71.8 Å². The van der Waals surface area contributed by atoms with Crippen LogP contribution in [0.4, 0.5) is 0 Å². The van der Waals surface area contributed by atoms with E-state index in [1.165, 1.54) is 0 Å². The lowest BCUT2D eigenvalue weighted by molar-refractivity contribution is -0.152. The van der Waals surface area contributed by atoms with Gasteiger partial charge >= 0.3 is 5.97 Å². The number of para-hydroxylation sites is 1. The Morgan fingerprint density at radius 1 is 0.909 bits per heavy atom. The summed E-state index contributed by atoms with van der Waals surface area (Å²) in [5, 5.41) is 1.07. The molecule has 0 N–H and O–H groups in total. The minimum Gasteiger partial charge on any atom is -0.466 e. The molecule has 7 nitrogen and oxygen atoms in total. The molecule has 2 amide bonds. The van der Waals surface area contributed by atoms with Crippen LogP contribution in [0.2, 0.25) is 0 Å². The SMILES string of the molecule is CCOC(=O)C1CCN(C(=O)C(CC(C)C)N2C(=O)c3ccccc3C2c2c(-c3ccccc3)n(C)c3ccccc23)CC1. The molecule has 2 aliphatic heterocycles. The minimum absolute atomic E-state index is 0.0475. The summed E-state index contributed by atoms with van der Waals surface area (Å²) < 4.78 is 7.47. The predicted molar refractivity (Wildman–Crippen MR) is 172 cm³/mol. The van der Waals surface area contributed by atoms with Gasteiger partial charge in [-0.3, -0.25) is 14.4 Å². The summed E-state index contributed by atoms with van der Waals surface area (Å²) in [5.41, 5.74) is 5.78. The Kier molecular flexibility index (Phi) is 8.30. The molecule has 7 heteroatoms. The number of likely N-dealkylation sites (tertiary alicyclic amines) is 1. The van der Waals surface area contributed by atoms with Gasteiger partial charge in [0.25, 0.3) is 5.91 Å². The van der Waals surface area contributed by atoms with Gasteiger partial charge in [0.2, 0.25) is 5.91 Å². The molecule has 1 fully saturated rings. The van der Waals surface area contributed by atoms with Crippen LogP contribution in [-0.4, -0.2) is 57.9 Å². The van der Waals surface area contributed by atoms with E-state index < -0.39 is 12.1 Å². The Balaban J connectivity index is 1.48. The third-order valence-corrected chi connectivity index (χ3v) is 9.21. The van der Waals surface area contributed by atoms with Crippen LogP contribution in [0.25, 0.3) is 22.2 Å². The van der Waals surface area contributed by atoms with Gasteiger partial charge in [0, 0.05) is 42.2 Å². The molecule has 0 aliphatic carbocycles. The average Bonchev–Trinajstić information content (AvgIpc) is 3.50. The highest BCUT2D eigenvalue weighted by Crippen LogP contribution is 2.48. The zero-order valence-corrected chi connectivity index (χ0v) is 26.0. The maximum atomic E-state index is 14.5. The van der Waals surface area contributed by atoms with Crippen LogP contribution in [-0.2, 0) is 21.4 Å². The maximum Gasteiger partial charge on any atom is 0.309 e. The number of rotatable bonds is 8. The van der Waals surface area contributed by atoms with Gasteiger partial charge in [-0.2, -0.15) is 0 Å². The van der Waals surface area contributed by atoms with Crippen molar-refractivity contribution < 1.29 is 19.1 Å². The summed E-state index contributed by atoms with van der Waals surface area (Å²) >= 11 is 0. The van der Waals surface area contributed by atoms with Crippen LogP contribution in [0, 0.1) is 11.8 Å². The van der Waals surface area contributed by atoms with E-state index >= 15 is 0 Å². The number of aryl methyl sites for hydroxylation is 1. The van der Waals surface area contributed by atoms with Crippen LogP contribution in [0.15, 0.2) is 78.9 Å². The van der Waals surface area contributed by atoms with Gasteiger partial charge in [-0.05, 0) is 55.4 Å². The van der Waals surface area contributed by atoms with Crippen molar-refractivity contribution in [2.45, 2.75) is 52.1 Å². The monoisotopic (exact) mass is 591 g/mol. The zero-order valence-electron chi connectivity index (χ0n) is 26.0. The third-order valence-electron chi connectivity index (χ3n) is 9.21. The van der Waals surface area contributed by atoms with Gasteiger partial charge in [0.1, 0.15) is 6.04 Å². The molecule has 44 heavy (non-hydrogen) atoms. The molecular formula is C37H41N3O4. The lowest BCUT2D eigenvalue weighted by Gasteiger charge is -2.39. The number of aromatic nitrogens is 1. The van der Waals surface area contributed by atoms with Crippen LogP contribution in [0.5, 0.6) is 0 Å². The van der Waals surface area contributed by atoms with Gasteiger partial charge in [0.05, 0.1) is 24.3 Å². The number of esters is 1.